The molecule has 6 heteroatoms. The van der Waals surface area contributed by atoms with Crippen molar-refractivity contribution >= 4 is 22.8 Å². The predicted molar refractivity (Wildman–Crippen MR) is 90.6 cm³/mol. The summed E-state index contributed by atoms with van der Waals surface area (Å²) in [5.41, 5.74) is 1.61. The molecular formula is C18H17N3O3. The largest absolute Gasteiger partial charge is 0.444 e. The number of carbonyl (C=O) groups is 1. The summed E-state index contributed by atoms with van der Waals surface area (Å²) >= 11 is 0. The second kappa shape index (κ2) is 7.52. The molecular weight excluding hydrogens is 306 g/mol. The smallest absolute Gasteiger partial charge is 0.415 e. The van der Waals surface area contributed by atoms with E-state index in [1.807, 2.05) is 54.6 Å². The fourth-order valence-electron chi connectivity index (χ4n) is 2.39. The molecule has 0 spiro atoms. The normalized spacial score (nSPS) is 10.5. The van der Waals surface area contributed by atoms with Crippen molar-refractivity contribution in [2.45, 2.75) is 6.61 Å². The molecule has 1 heterocycles. The molecule has 1 aromatic heterocycles. The molecule has 0 bridgehead atoms. The summed E-state index contributed by atoms with van der Waals surface area (Å²) in [6.07, 6.45) is 0.837. The number of benzene rings is 2. The Labute approximate surface area is 139 Å². The summed E-state index contributed by atoms with van der Waals surface area (Å²) in [6, 6.07) is 16.8. The zero-order valence-corrected chi connectivity index (χ0v) is 13.0. The number of hydrogen-bond donors (Lipinski definition) is 1. The highest BCUT2D eigenvalue weighted by molar-refractivity contribution is 5.98. The third kappa shape index (κ3) is 3.49. The fraction of sp³-hybridized carbons (Fsp3) is 0.167. The molecule has 0 unspecified atom stereocenters. The van der Waals surface area contributed by atoms with E-state index in [2.05, 4.69) is 9.97 Å². The maximum atomic E-state index is 12.5. The van der Waals surface area contributed by atoms with Gasteiger partial charge in [0.25, 0.3) is 0 Å². The van der Waals surface area contributed by atoms with Crippen LogP contribution in [-0.2, 0) is 11.3 Å². The molecule has 1 amide bonds. The van der Waals surface area contributed by atoms with Gasteiger partial charge in [0.2, 0.25) is 0 Å². The molecule has 6 nitrogen and oxygen atoms in total. The van der Waals surface area contributed by atoms with Crippen LogP contribution in [-0.4, -0.2) is 34.3 Å². The Morgan fingerprint density at radius 3 is 2.58 bits per heavy atom. The van der Waals surface area contributed by atoms with E-state index >= 15 is 0 Å². The number of anilines is 1. The van der Waals surface area contributed by atoms with Crippen LogP contribution in [0.1, 0.15) is 5.56 Å². The first-order chi connectivity index (χ1) is 11.8. The SMILES string of the molecule is O=C(OCc1ccccc1)N(CCO)c1ncnc2ccccc12. The van der Waals surface area contributed by atoms with Gasteiger partial charge in [0.05, 0.1) is 18.7 Å². The maximum absolute atomic E-state index is 12.5. The number of amides is 1. The summed E-state index contributed by atoms with van der Waals surface area (Å²) in [6.45, 7) is 0.0536. The average molecular weight is 323 g/mol. The number of fused-ring (bicyclic) bond motifs is 1. The number of ether oxygens (including phenoxy) is 1. The van der Waals surface area contributed by atoms with E-state index in [9.17, 15) is 9.90 Å². The molecule has 0 radical (unpaired) electrons. The first-order valence-electron chi connectivity index (χ1n) is 7.58. The summed E-state index contributed by atoms with van der Waals surface area (Å²) in [5, 5.41) is 10.0. The second-order valence-corrected chi connectivity index (χ2v) is 5.13. The van der Waals surface area contributed by atoms with E-state index in [0.717, 1.165) is 16.5 Å². The fourth-order valence-corrected chi connectivity index (χ4v) is 2.39. The number of para-hydroxylation sites is 1. The molecule has 0 saturated carbocycles. The summed E-state index contributed by atoms with van der Waals surface area (Å²) in [5.74, 6) is 0.424. The Kier molecular flexibility index (Phi) is 4.98. The Morgan fingerprint density at radius 1 is 1.04 bits per heavy atom. The monoisotopic (exact) mass is 323 g/mol. The van der Waals surface area contributed by atoms with Crippen LogP contribution in [0.2, 0.25) is 0 Å². The zero-order valence-electron chi connectivity index (χ0n) is 13.0. The predicted octanol–water partition coefficient (Wildman–Crippen LogP) is 2.77. The molecule has 0 aliphatic carbocycles. The molecule has 24 heavy (non-hydrogen) atoms. The number of aromatic nitrogens is 2. The zero-order chi connectivity index (χ0) is 16.8. The summed E-state index contributed by atoms with van der Waals surface area (Å²) in [4.78, 5) is 22.2. The first kappa shape index (κ1) is 15.9. The molecule has 3 aromatic rings. The van der Waals surface area contributed by atoms with Gasteiger partial charge in [0, 0.05) is 5.39 Å². The van der Waals surface area contributed by atoms with Crippen LogP contribution in [0.25, 0.3) is 10.9 Å². The number of aliphatic hydroxyl groups is 1. The lowest BCUT2D eigenvalue weighted by molar-refractivity contribution is 0.145. The first-order valence-corrected chi connectivity index (χ1v) is 7.58. The third-order valence-corrected chi connectivity index (χ3v) is 3.53. The Balaban J connectivity index is 1.84. The highest BCUT2D eigenvalue weighted by Gasteiger charge is 2.20. The molecule has 3 rings (SSSR count). The van der Waals surface area contributed by atoms with E-state index in [1.165, 1.54) is 11.2 Å². The van der Waals surface area contributed by atoms with Crippen molar-refractivity contribution in [3.05, 3.63) is 66.5 Å². The Hall–Kier alpha value is -2.99. The second-order valence-electron chi connectivity index (χ2n) is 5.13. The number of rotatable bonds is 5. The maximum Gasteiger partial charge on any atom is 0.415 e. The van der Waals surface area contributed by atoms with Crippen LogP contribution in [0.5, 0.6) is 0 Å². The van der Waals surface area contributed by atoms with Crippen molar-refractivity contribution in [3.8, 4) is 0 Å². The van der Waals surface area contributed by atoms with Gasteiger partial charge >= 0.3 is 6.09 Å². The van der Waals surface area contributed by atoms with E-state index in [1.54, 1.807) is 0 Å². The third-order valence-electron chi connectivity index (χ3n) is 3.53. The minimum absolute atomic E-state index is 0.0919. The van der Waals surface area contributed by atoms with E-state index < -0.39 is 6.09 Å². The van der Waals surface area contributed by atoms with Gasteiger partial charge in [-0.3, -0.25) is 4.90 Å². The molecule has 1 N–H and O–H groups in total. The molecule has 0 saturated heterocycles. The number of hydrogen-bond acceptors (Lipinski definition) is 5. The van der Waals surface area contributed by atoms with Crippen molar-refractivity contribution in [2.75, 3.05) is 18.1 Å². The lowest BCUT2D eigenvalue weighted by Crippen LogP contribution is -2.35. The van der Waals surface area contributed by atoms with Crippen molar-refractivity contribution in [1.82, 2.24) is 9.97 Å². The van der Waals surface area contributed by atoms with Crippen LogP contribution in [0.15, 0.2) is 60.9 Å². The van der Waals surface area contributed by atoms with Gasteiger partial charge in [-0.15, -0.1) is 0 Å². The molecule has 0 aliphatic heterocycles. The highest BCUT2D eigenvalue weighted by atomic mass is 16.6. The van der Waals surface area contributed by atoms with Crippen molar-refractivity contribution in [3.63, 3.8) is 0 Å². The summed E-state index contributed by atoms with van der Waals surface area (Å²) in [7, 11) is 0. The Bertz CT molecular complexity index is 819. The highest BCUT2D eigenvalue weighted by Crippen LogP contribution is 2.23. The van der Waals surface area contributed by atoms with E-state index in [0.29, 0.717) is 5.82 Å². The lowest BCUT2D eigenvalue weighted by Gasteiger charge is -2.21. The topological polar surface area (TPSA) is 75.5 Å². The minimum Gasteiger partial charge on any atom is -0.444 e. The number of carbonyl (C=O) groups excluding carboxylic acids is 1. The number of nitrogens with zero attached hydrogens (tertiary/aromatic N) is 3. The quantitative estimate of drug-likeness (QED) is 0.781. The van der Waals surface area contributed by atoms with Gasteiger partial charge in [0.1, 0.15) is 18.8 Å². The minimum atomic E-state index is -0.559. The van der Waals surface area contributed by atoms with Crippen LogP contribution < -0.4 is 4.90 Å². The van der Waals surface area contributed by atoms with E-state index in [4.69, 9.17) is 4.74 Å². The van der Waals surface area contributed by atoms with Crippen LogP contribution >= 0.6 is 0 Å². The lowest BCUT2D eigenvalue weighted by atomic mass is 10.2. The molecule has 2 aromatic carbocycles. The van der Waals surface area contributed by atoms with Gasteiger partial charge in [-0.25, -0.2) is 14.8 Å². The van der Waals surface area contributed by atoms with Crippen LogP contribution in [0, 0.1) is 0 Å². The van der Waals surface area contributed by atoms with Crippen LogP contribution in [0.4, 0.5) is 10.6 Å². The molecule has 122 valence electrons. The van der Waals surface area contributed by atoms with Crippen LogP contribution in [0.3, 0.4) is 0 Å². The molecule has 0 fully saturated rings. The summed E-state index contributed by atoms with van der Waals surface area (Å²) < 4.78 is 5.36. The van der Waals surface area contributed by atoms with Gasteiger partial charge < -0.3 is 9.84 Å². The van der Waals surface area contributed by atoms with Gasteiger partial charge in [-0.2, -0.15) is 0 Å². The molecule has 0 atom stereocenters. The van der Waals surface area contributed by atoms with Crippen molar-refractivity contribution < 1.29 is 14.6 Å². The number of aliphatic hydroxyl groups excluding tert-OH is 1. The molecule has 0 aliphatic rings. The van der Waals surface area contributed by atoms with Crippen molar-refractivity contribution in [1.29, 1.82) is 0 Å². The van der Waals surface area contributed by atoms with Gasteiger partial charge in [0.15, 0.2) is 0 Å². The van der Waals surface area contributed by atoms with Gasteiger partial charge in [-0.1, -0.05) is 42.5 Å². The standard InChI is InChI=1S/C18H17N3O3/c22-11-10-21(18(23)24-12-14-6-2-1-3-7-14)17-15-8-4-5-9-16(15)19-13-20-17/h1-9,13,22H,10-12H2. The average Bonchev–Trinajstić information content (AvgIpc) is 2.65. The van der Waals surface area contributed by atoms with Crippen molar-refractivity contribution in [2.24, 2.45) is 0 Å². The Morgan fingerprint density at radius 2 is 1.79 bits per heavy atom. The van der Waals surface area contributed by atoms with E-state index in [-0.39, 0.29) is 19.8 Å². The van der Waals surface area contributed by atoms with Gasteiger partial charge in [-0.05, 0) is 17.7 Å².